The predicted octanol–water partition coefficient (Wildman–Crippen LogP) is 2.43. The lowest BCUT2D eigenvalue weighted by molar-refractivity contribution is -0.123. The molecule has 0 N–H and O–H groups in total. The SMILES string of the molecule is COCCN1C(=O)S/C(=C\c2cccs2)C1=O. The molecule has 0 spiro atoms. The number of ether oxygens (including phenoxy) is 1. The smallest absolute Gasteiger partial charge is 0.293 e. The summed E-state index contributed by atoms with van der Waals surface area (Å²) in [4.78, 5) is 26.2. The number of rotatable bonds is 4. The molecule has 1 aromatic rings. The molecule has 6 heteroatoms. The van der Waals surface area contributed by atoms with E-state index in [2.05, 4.69) is 0 Å². The van der Waals surface area contributed by atoms with Crippen molar-refractivity contribution in [1.29, 1.82) is 0 Å². The Morgan fingerprint density at radius 1 is 1.47 bits per heavy atom. The van der Waals surface area contributed by atoms with Gasteiger partial charge in [-0.2, -0.15) is 0 Å². The minimum atomic E-state index is -0.231. The summed E-state index contributed by atoms with van der Waals surface area (Å²) in [6.07, 6.45) is 1.75. The lowest BCUT2D eigenvalue weighted by Gasteiger charge is -2.10. The van der Waals surface area contributed by atoms with E-state index in [1.54, 1.807) is 13.2 Å². The van der Waals surface area contributed by atoms with Crippen molar-refractivity contribution in [3.63, 3.8) is 0 Å². The molecule has 0 radical (unpaired) electrons. The van der Waals surface area contributed by atoms with Gasteiger partial charge in [0.15, 0.2) is 0 Å². The molecular formula is C11H11NO3S2. The van der Waals surface area contributed by atoms with Gasteiger partial charge in [-0.05, 0) is 29.3 Å². The average molecular weight is 269 g/mol. The van der Waals surface area contributed by atoms with Gasteiger partial charge in [-0.1, -0.05) is 6.07 Å². The Bertz CT molecular complexity index is 453. The summed E-state index contributed by atoms with van der Waals surface area (Å²) in [5.74, 6) is -0.231. The maximum absolute atomic E-state index is 11.9. The largest absolute Gasteiger partial charge is 0.383 e. The van der Waals surface area contributed by atoms with Crippen LogP contribution in [-0.2, 0) is 9.53 Å². The van der Waals surface area contributed by atoms with E-state index in [1.807, 2.05) is 17.5 Å². The summed E-state index contributed by atoms with van der Waals surface area (Å²) in [7, 11) is 1.54. The molecule has 17 heavy (non-hydrogen) atoms. The van der Waals surface area contributed by atoms with Crippen molar-refractivity contribution in [3.8, 4) is 0 Å². The van der Waals surface area contributed by atoms with Crippen LogP contribution in [0, 0.1) is 0 Å². The summed E-state index contributed by atoms with van der Waals surface area (Å²) in [5, 5.41) is 1.70. The first-order valence-corrected chi connectivity index (χ1v) is 6.70. The number of nitrogens with zero attached hydrogens (tertiary/aromatic N) is 1. The van der Waals surface area contributed by atoms with Crippen LogP contribution >= 0.6 is 23.1 Å². The Morgan fingerprint density at radius 2 is 2.29 bits per heavy atom. The zero-order chi connectivity index (χ0) is 12.3. The summed E-state index contributed by atoms with van der Waals surface area (Å²) < 4.78 is 4.87. The minimum Gasteiger partial charge on any atom is -0.383 e. The molecule has 0 aromatic carbocycles. The van der Waals surface area contributed by atoms with Crippen molar-refractivity contribution < 1.29 is 14.3 Å². The number of hydrogen-bond acceptors (Lipinski definition) is 5. The van der Waals surface area contributed by atoms with Crippen LogP contribution in [0.3, 0.4) is 0 Å². The molecular weight excluding hydrogens is 258 g/mol. The van der Waals surface area contributed by atoms with Gasteiger partial charge in [-0.25, -0.2) is 0 Å². The second-order valence-electron chi connectivity index (χ2n) is 3.34. The average Bonchev–Trinajstić information content (AvgIpc) is 2.89. The fourth-order valence-corrected chi connectivity index (χ4v) is 2.97. The van der Waals surface area contributed by atoms with E-state index in [0.717, 1.165) is 16.6 Å². The Hall–Kier alpha value is -1.11. The van der Waals surface area contributed by atoms with Crippen LogP contribution < -0.4 is 0 Å². The molecule has 1 aliphatic heterocycles. The van der Waals surface area contributed by atoms with Gasteiger partial charge >= 0.3 is 0 Å². The number of carbonyl (C=O) groups is 2. The number of amides is 2. The standard InChI is InChI=1S/C11H11NO3S2/c1-15-5-4-12-10(13)9(17-11(12)14)7-8-3-2-6-16-8/h2-3,6-7H,4-5H2,1H3/b9-7-. The third-order valence-corrected chi connectivity index (χ3v) is 3.94. The Morgan fingerprint density at radius 3 is 2.94 bits per heavy atom. The van der Waals surface area contributed by atoms with Gasteiger partial charge in [-0.3, -0.25) is 14.5 Å². The van der Waals surface area contributed by atoms with Gasteiger partial charge in [0, 0.05) is 12.0 Å². The van der Waals surface area contributed by atoms with E-state index in [1.165, 1.54) is 16.2 Å². The third kappa shape index (κ3) is 2.77. The quantitative estimate of drug-likeness (QED) is 0.788. The first-order valence-electron chi connectivity index (χ1n) is 5.00. The van der Waals surface area contributed by atoms with Crippen molar-refractivity contribution in [2.75, 3.05) is 20.3 Å². The molecule has 0 aliphatic carbocycles. The predicted molar refractivity (Wildman–Crippen MR) is 68.9 cm³/mol. The summed E-state index contributed by atoms with van der Waals surface area (Å²) >= 11 is 2.52. The normalized spacial score (nSPS) is 18.4. The van der Waals surface area contributed by atoms with Crippen LogP contribution in [0.15, 0.2) is 22.4 Å². The van der Waals surface area contributed by atoms with Gasteiger partial charge in [0.05, 0.1) is 18.1 Å². The maximum atomic E-state index is 11.9. The molecule has 90 valence electrons. The number of methoxy groups -OCH3 is 1. The van der Waals surface area contributed by atoms with Gasteiger partial charge in [0.1, 0.15) is 0 Å². The highest BCUT2D eigenvalue weighted by Gasteiger charge is 2.34. The molecule has 2 amide bonds. The first-order chi connectivity index (χ1) is 8.22. The summed E-state index contributed by atoms with van der Waals surface area (Å²) in [6, 6.07) is 3.82. The van der Waals surface area contributed by atoms with E-state index >= 15 is 0 Å². The molecule has 1 aliphatic rings. The number of thiophene rings is 1. The fraction of sp³-hybridized carbons (Fsp3) is 0.273. The lowest BCUT2D eigenvalue weighted by Crippen LogP contribution is -2.31. The van der Waals surface area contributed by atoms with Crippen LogP contribution in [0.25, 0.3) is 6.08 Å². The van der Waals surface area contributed by atoms with Crippen molar-refractivity contribution in [1.82, 2.24) is 4.90 Å². The molecule has 2 heterocycles. The third-order valence-electron chi connectivity index (χ3n) is 2.21. The minimum absolute atomic E-state index is 0.227. The van der Waals surface area contributed by atoms with E-state index in [9.17, 15) is 9.59 Å². The molecule has 2 rings (SSSR count). The summed E-state index contributed by atoms with van der Waals surface area (Å²) in [6.45, 7) is 0.674. The number of thioether (sulfide) groups is 1. The lowest BCUT2D eigenvalue weighted by atomic mass is 10.4. The highest BCUT2D eigenvalue weighted by atomic mass is 32.2. The maximum Gasteiger partial charge on any atom is 0.293 e. The number of hydrogen-bond donors (Lipinski definition) is 0. The number of carbonyl (C=O) groups excluding carboxylic acids is 2. The molecule has 0 bridgehead atoms. The Kier molecular flexibility index (Phi) is 3.98. The van der Waals surface area contributed by atoms with Crippen LogP contribution in [0.2, 0.25) is 0 Å². The molecule has 1 saturated heterocycles. The zero-order valence-electron chi connectivity index (χ0n) is 9.21. The van der Waals surface area contributed by atoms with Crippen molar-refractivity contribution in [2.24, 2.45) is 0 Å². The van der Waals surface area contributed by atoms with E-state index < -0.39 is 0 Å². The van der Waals surface area contributed by atoms with E-state index in [0.29, 0.717) is 18.1 Å². The highest BCUT2D eigenvalue weighted by molar-refractivity contribution is 8.18. The molecule has 0 atom stereocenters. The summed E-state index contributed by atoms with van der Waals surface area (Å²) in [5.41, 5.74) is 0. The van der Waals surface area contributed by atoms with Crippen LogP contribution in [0.4, 0.5) is 4.79 Å². The van der Waals surface area contributed by atoms with Gasteiger partial charge in [0.25, 0.3) is 11.1 Å². The van der Waals surface area contributed by atoms with Gasteiger partial charge < -0.3 is 4.74 Å². The molecule has 0 saturated carbocycles. The second kappa shape index (κ2) is 5.48. The second-order valence-corrected chi connectivity index (χ2v) is 5.31. The van der Waals surface area contributed by atoms with Crippen LogP contribution in [-0.4, -0.2) is 36.3 Å². The zero-order valence-corrected chi connectivity index (χ0v) is 10.8. The molecule has 1 fully saturated rings. The van der Waals surface area contributed by atoms with Crippen LogP contribution in [0.1, 0.15) is 4.88 Å². The monoisotopic (exact) mass is 269 g/mol. The molecule has 1 aromatic heterocycles. The highest BCUT2D eigenvalue weighted by Crippen LogP contribution is 2.32. The Balaban J connectivity index is 2.13. The molecule has 0 unspecified atom stereocenters. The fourth-order valence-electron chi connectivity index (χ4n) is 1.38. The van der Waals surface area contributed by atoms with Gasteiger partial charge in [-0.15, -0.1) is 11.3 Å². The van der Waals surface area contributed by atoms with Gasteiger partial charge in [0.2, 0.25) is 0 Å². The number of imide groups is 1. The van der Waals surface area contributed by atoms with Crippen LogP contribution in [0.5, 0.6) is 0 Å². The molecule has 4 nitrogen and oxygen atoms in total. The Labute approximate surface area is 107 Å². The van der Waals surface area contributed by atoms with Crippen molar-refractivity contribution in [2.45, 2.75) is 0 Å². The van der Waals surface area contributed by atoms with Crippen molar-refractivity contribution >= 4 is 40.3 Å². The van der Waals surface area contributed by atoms with E-state index in [-0.39, 0.29) is 11.1 Å². The topological polar surface area (TPSA) is 46.6 Å². The first kappa shape index (κ1) is 12.3. The van der Waals surface area contributed by atoms with E-state index in [4.69, 9.17) is 4.74 Å². The van der Waals surface area contributed by atoms with Crippen molar-refractivity contribution in [3.05, 3.63) is 27.3 Å².